The second-order valence-electron chi connectivity index (χ2n) is 5.49. The standard InChI is InChI=1S/C15H21F2NO/c1-2-15(7-4-8-15)10-18-9-13(19)14-11(16)5-3-6-12(14)17/h3,5-6,13,18-19H,2,4,7-10H2,1H3. The predicted octanol–water partition coefficient (Wildman–Crippen LogP) is 3.17. The molecule has 1 unspecified atom stereocenters. The third kappa shape index (κ3) is 3.12. The Morgan fingerprint density at radius 1 is 1.32 bits per heavy atom. The molecule has 0 aromatic heterocycles. The van der Waals surface area contributed by atoms with E-state index in [-0.39, 0.29) is 12.1 Å². The van der Waals surface area contributed by atoms with Crippen LogP contribution in [0, 0.1) is 17.0 Å². The second kappa shape index (κ2) is 5.97. The molecule has 0 heterocycles. The molecular formula is C15H21F2NO. The zero-order chi connectivity index (χ0) is 13.9. The van der Waals surface area contributed by atoms with E-state index in [2.05, 4.69) is 12.2 Å². The van der Waals surface area contributed by atoms with E-state index in [1.165, 1.54) is 37.5 Å². The normalized spacial score (nSPS) is 18.9. The van der Waals surface area contributed by atoms with E-state index < -0.39 is 17.7 Å². The molecule has 0 bridgehead atoms. The summed E-state index contributed by atoms with van der Waals surface area (Å²) in [5.41, 5.74) is 0.0854. The maximum absolute atomic E-state index is 13.5. The maximum atomic E-state index is 13.5. The summed E-state index contributed by atoms with van der Waals surface area (Å²) in [6, 6.07) is 3.64. The van der Waals surface area contributed by atoms with Crippen molar-refractivity contribution in [3.63, 3.8) is 0 Å². The Morgan fingerprint density at radius 3 is 2.42 bits per heavy atom. The summed E-state index contributed by atoms with van der Waals surface area (Å²) in [5.74, 6) is -1.38. The highest BCUT2D eigenvalue weighted by Gasteiger charge is 2.34. The van der Waals surface area contributed by atoms with E-state index in [1.54, 1.807) is 0 Å². The molecule has 0 radical (unpaired) electrons. The van der Waals surface area contributed by atoms with Crippen molar-refractivity contribution in [2.75, 3.05) is 13.1 Å². The van der Waals surface area contributed by atoms with Crippen LogP contribution in [0.15, 0.2) is 18.2 Å². The van der Waals surface area contributed by atoms with Crippen molar-refractivity contribution in [3.8, 4) is 0 Å². The highest BCUT2D eigenvalue weighted by Crippen LogP contribution is 2.43. The molecule has 0 spiro atoms. The van der Waals surface area contributed by atoms with Crippen molar-refractivity contribution in [2.24, 2.45) is 5.41 Å². The highest BCUT2D eigenvalue weighted by atomic mass is 19.1. The monoisotopic (exact) mass is 269 g/mol. The van der Waals surface area contributed by atoms with Gasteiger partial charge >= 0.3 is 0 Å². The van der Waals surface area contributed by atoms with Gasteiger partial charge in [0.1, 0.15) is 11.6 Å². The topological polar surface area (TPSA) is 32.3 Å². The van der Waals surface area contributed by atoms with E-state index in [0.717, 1.165) is 13.0 Å². The molecule has 1 aliphatic carbocycles. The van der Waals surface area contributed by atoms with E-state index >= 15 is 0 Å². The Balaban J connectivity index is 1.89. The van der Waals surface area contributed by atoms with Crippen molar-refractivity contribution in [3.05, 3.63) is 35.4 Å². The van der Waals surface area contributed by atoms with Gasteiger partial charge in [0.25, 0.3) is 0 Å². The molecule has 19 heavy (non-hydrogen) atoms. The largest absolute Gasteiger partial charge is 0.387 e. The SMILES string of the molecule is CCC1(CNCC(O)c2c(F)cccc2F)CCC1. The first-order valence-electron chi connectivity index (χ1n) is 6.91. The Hall–Kier alpha value is -1.00. The molecule has 0 aliphatic heterocycles. The van der Waals surface area contributed by atoms with Gasteiger partial charge in [-0.2, -0.15) is 0 Å². The molecule has 106 valence electrons. The van der Waals surface area contributed by atoms with Gasteiger partial charge in [0.05, 0.1) is 11.7 Å². The van der Waals surface area contributed by atoms with Crippen LogP contribution < -0.4 is 5.32 Å². The third-order valence-electron chi connectivity index (χ3n) is 4.33. The first-order valence-corrected chi connectivity index (χ1v) is 6.91. The van der Waals surface area contributed by atoms with Crippen LogP contribution in [-0.2, 0) is 0 Å². The van der Waals surface area contributed by atoms with Gasteiger partial charge < -0.3 is 10.4 Å². The van der Waals surface area contributed by atoms with E-state index in [1.807, 2.05) is 0 Å². The van der Waals surface area contributed by atoms with Crippen molar-refractivity contribution in [1.82, 2.24) is 5.32 Å². The Morgan fingerprint density at radius 2 is 1.95 bits per heavy atom. The van der Waals surface area contributed by atoms with Crippen molar-refractivity contribution < 1.29 is 13.9 Å². The zero-order valence-corrected chi connectivity index (χ0v) is 11.3. The van der Waals surface area contributed by atoms with Crippen LogP contribution in [0.3, 0.4) is 0 Å². The lowest BCUT2D eigenvalue weighted by atomic mass is 9.67. The van der Waals surface area contributed by atoms with E-state index in [4.69, 9.17) is 0 Å². The molecule has 2 nitrogen and oxygen atoms in total. The second-order valence-corrected chi connectivity index (χ2v) is 5.49. The number of nitrogens with one attached hydrogen (secondary N) is 1. The third-order valence-corrected chi connectivity index (χ3v) is 4.33. The molecule has 1 aromatic carbocycles. The van der Waals surface area contributed by atoms with Gasteiger partial charge in [-0.1, -0.05) is 19.4 Å². The number of hydrogen-bond acceptors (Lipinski definition) is 2. The van der Waals surface area contributed by atoms with Gasteiger partial charge in [0.2, 0.25) is 0 Å². The summed E-state index contributed by atoms with van der Waals surface area (Å²) < 4.78 is 27.0. The summed E-state index contributed by atoms with van der Waals surface area (Å²) in [6.45, 7) is 3.14. The van der Waals surface area contributed by atoms with Crippen LogP contribution in [0.1, 0.15) is 44.3 Å². The van der Waals surface area contributed by atoms with Crippen molar-refractivity contribution >= 4 is 0 Å². The summed E-state index contributed by atoms with van der Waals surface area (Å²) in [7, 11) is 0. The molecule has 2 rings (SSSR count). The molecule has 1 fully saturated rings. The summed E-state index contributed by atoms with van der Waals surface area (Å²) in [5, 5.41) is 13.0. The molecule has 1 saturated carbocycles. The minimum Gasteiger partial charge on any atom is -0.387 e. The first-order chi connectivity index (χ1) is 9.08. The average molecular weight is 269 g/mol. The van der Waals surface area contributed by atoms with Crippen LogP contribution in [0.4, 0.5) is 8.78 Å². The maximum Gasteiger partial charge on any atom is 0.131 e. The Bertz CT molecular complexity index is 406. The number of benzene rings is 1. The number of hydrogen-bond donors (Lipinski definition) is 2. The van der Waals surface area contributed by atoms with Crippen LogP contribution in [0.5, 0.6) is 0 Å². The Labute approximate surface area is 112 Å². The van der Waals surface area contributed by atoms with Crippen LogP contribution in [0.25, 0.3) is 0 Å². The van der Waals surface area contributed by atoms with Gasteiger partial charge in [-0.15, -0.1) is 0 Å². The minimum atomic E-state index is -1.14. The number of halogens is 2. The summed E-state index contributed by atoms with van der Waals surface area (Å²) >= 11 is 0. The lowest BCUT2D eigenvalue weighted by molar-refractivity contribution is 0.108. The fourth-order valence-electron chi connectivity index (χ4n) is 2.74. The lowest BCUT2D eigenvalue weighted by Crippen LogP contribution is -2.40. The van der Waals surface area contributed by atoms with Gasteiger partial charge in [-0.3, -0.25) is 0 Å². The zero-order valence-electron chi connectivity index (χ0n) is 11.3. The molecule has 0 amide bonds. The van der Waals surface area contributed by atoms with Crippen molar-refractivity contribution in [1.29, 1.82) is 0 Å². The summed E-state index contributed by atoms with van der Waals surface area (Å²) in [4.78, 5) is 0. The molecule has 1 aliphatic rings. The molecule has 2 N–H and O–H groups in total. The predicted molar refractivity (Wildman–Crippen MR) is 70.8 cm³/mol. The van der Waals surface area contributed by atoms with Crippen LogP contribution >= 0.6 is 0 Å². The lowest BCUT2D eigenvalue weighted by Gasteiger charge is -2.41. The van der Waals surface area contributed by atoms with Gasteiger partial charge in [-0.05, 0) is 36.8 Å². The van der Waals surface area contributed by atoms with Gasteiger partial charge in [0.15, 0.2) is 0 Å². The fourth-order valence-corrected chi connectivity index (χ4v) is 2.74. The average Bonchev–Trinajstić information content (AvgIpc) is 2.32. The minimum absolute atomic E-state index is 0.180. The molecule has 1 atom stereocenters. The number of aliphatic hydroxyl groups excluding tert-OH is 1. The van der Waals surface area contributed by atoms with Gasteiger partial charge in [0, 0.05) is 13.1 Å². The first kappa shape index (κ1) is 14.4. The fraction of sp³-hybridized carbons (Fsp3) is 0.600. The molecular weight excluding hydrogens is 248 g/mol. The number of rotatable bonds is 6. The smallest absolute Gasteiger partial charge is 0.131 e. The summed E-state index contributed by atoms with van der Waals surface area (Å²) in [6.07, 6.45) is 3.60. The van der Waals surface area contributed by atoms with Gasteiger partial charge in [-0.25, -0.2) is 8.78 Å². The van der Waals surface area contributed by atoms with E-state index in [9.17, 15) is 13.9 Å². The number of aliphatic hydroxyl groups is 1. The quantitative estimate of drug-likeness (QED) is 0.831. The van der Waals surface area contributed by atoms with Crippen LogP contribution in [-0.4, -0.2) is 18.2 Å². The highest BCUT2D eigenvalue weighted by molar-refractivity contribution is 5.22. The molecule has 1 aromatic rings. The molecule has 4 heteroatoms. The molecule has 0 saturated heterocycles. The van der Waals surface area contributed by atoms with E-state index in [0.29, 0.717) is 5.41 Å². The van der Waals surface area contributed by atoms with Crippen molar-refractivity contribution in [2.45, 2.75) is 38.7 Å². The van der Waals surface area contributed by atoms with Crippen LogP contribution in [0.2, 0.25) is 0 Å². The Kier molecular flexibility index (Phi) is 4.53.